The van der Waals surface area contributed by atoms with Gasteiger partial charge in [-0.2, -0.15) is 4.98 Å². The first-order valence-electron chi connectivity index (χ1n) is 8.42. The van der Waals surface area contributed by atoms with Gasteiger partial charge in [-0.25, -0.2) is 4.68 Å². The van der Waals surface area contributed by atoms with Gasteiger partial charge in [-0.15, -0.1) is 5.10 Å². The second-order valence-corrected chi connectivity index (χ2v) is 6.29. The van der Waals surface area contributed by atoms with Crippen molar-refractivity contribution in [1.82, 2.24) is 35.4 Å². The molecule has 0 saturated carbocycles. The molecule has 130 valence electrons. The van der Waals surface area contributed by atoms with Crippen LogP contribution in [0.25, 0.3) is 5.69 Å². The van der Waals surface area contributed by atoms with E-state index in [1.807, 2.05) is 41.9 Å². The van der Waals surface area contributed by atoms with Gasteiger partial charge >= 0.3 is 0 Å². The van der Waals surface area contributed by atoms with Gasteiger partial charge in [0.2, 0.25) is 5.89 Å². The maximum absolute atomic E-state index is 5.45. The predicted octanol–water partition coefficient (Wildman–Crippen LogP) is 1.13. The summed E-state index contributed by atoms with van der Waals surface area (Å²) in [5.74, 6) is 1.29. The Balaban J connectivity index is 1.53. The van der Waals surface area contributed by atoms with E-state index in [1.54, 1.807) is 0 Å². The summed E-state index contributed by atoms with van der Waals surface area (Å²) in [7, 11) is 2.08. The second kappa shape index (κ2) is 6.73. The van der Waals surface area contributed by atoms with Crippen LogP contribution in [0, 0.1) is 6.92 Å². The zero-order chi connectivity index (χ0) is 17.2. The number of hydrogen-bond donors (Lipinski definition) is 1. The van der Waals surface area contributed by atoms with Crippen LogP contribution in [0.3, 0.4) is 0 Å². The SMILES string of the molecule is Cc1c(Cc2nc(C3CNCCN3C)no2)nnn1-c1ccccc1. The molecule has 1 aliphatic heterocycles. The first-order chi connectivity index (χ1) is 12.2. The number of nitrogens with one attached hydrogen (secondary N) is 1. The maximum Gasteiger partial charge on any atom is 0.232 e. The molecular weight excluding hydrogens is 318 g/mol. The Morgan fingerprint density at radius 1 is 1.28 bits per heavy atom. The van der Waals surface area contributed by atoms with Gasteiger partial charge in [-0.1, -0.05) is 28.6 Å². The Kier molecular flexibility index (Phi) is 4.29. The van der Waals surface area contributed by atoms with Gasteiger partial charge < -0.3 is 9.84 Å². The molecule has 3 aromatic rings. The number of aromatic nitrogens is 5. The average molecular weight is 339 g/mol. The summed E-state index contributed by atoms with van der Waals surface area (Å²) in [5, 5.41) is 16.1. The molecule has 0 bridgehead atoms. The minimum Gasteiger partial charge on any atom is -0.339 e. The Morgan fingerprint density at radius 2 is 2.12 bits per heavy atom. The van der Waals surface area contributed by atoms with E-state index in [9.17, 15) is 0 Å². The third-order valence-corrected chi connectivity index (χ3v) is 4.60. The number of nitrogens with zero attached hydrogens (tertiary/aromatic N) is 6. The van der Waals surface area contributed by atoms with Crippen molar-refractivity contribution in [2.24, 2.45) is 0 Å². The van der Waals surface area contributed by atoms with Crippen LogP contribution in [0.1, 0.15) is 29.1 Å². The van der Waals surface area contributed by atoms with Crippen molar-refractivity contribution in [3.8, 4) is 5.69 Å². The fourth-order valence-electron chi connectivity index (χ4n) is 3.05. The molecule has 8 nitrogen and oxygen atoms in total. The van der Waals surface area contributed by atoms with Gasteiger partial charge in [0.25, 0.3) is 0 Å². The van der Waals surface area contributed by atoms with Crippen molar-refractivity contribution >= 4 is 0 Å². The number of likely N-dealkylation sites (N-methyl/N-ethyl adjacent to an activating group) is 1. The Bertz CT molecular complexity index is 842. The molecule has 1 atom stereocenters. The molecule has 4 rings (SSSR count). The summed E-state index contributed by atoms with van der Waals surface area (Å²) in [6.07, 6.45) is 0.482. The number of benzene rings is 1. The lowest BCUT2D eigenvalue weighted by Gasteiger charge is -2.30. The van der Waals surface area contributed by atoms with E-state index < -0.39 is 0 Å². The van der Waals surface area contributed by atoms with Crippen LogP contribution in [0.2, 0.25) is 0 Å². The first-order valence-corrected chi connectivity index (χ1v) is 8.42. The second-order valence-electron chi connectivity index (χ2n) is 6.29. The maximum atomic E-state index is 5.45. The van der Waals surface area contributed by atoms with Gasteiger partial charge in [0.05, 0.1) is 29.5 Å². The van der Waals surface area contributed by atoms with Crippen LogP contribution >= 0.6 is 0 Å². The average Bonchev–Trinajstić information content (AvgIpc) is 3.24. The molecule has 25 heavy (non-hydrogen) atoms. The van der Waals surface area contributed by atoms with E-state index in [-0.39, 0.29) is 6.04 Å². The van der Waals surface area contributed by atoms with Crippen LogP contribution in [-0.4, -0.2) is 56.7 Å². The molecule has 1 saturated heterocycles. The normalized spacial score (nSPS) is 18.6. The van der Waals surface area contributed by atoms with Gasteiger partial charge in [0.15, 0.2) is 5.82 Å². The fourth-order valence-corrected chi connectivity index (χ4v) is 3.05. The Hall–Kier alpha value is -2.58. The van der Waals surface area contributed by atoms with Crippen LogP contribution in [0.15, 0.2) is 34.9 Å². The lowest BCUT2D eigenvalue weighted by atomic mass is 10.2. The van der Waals surface area contributed by atoms with Gasteiger partial charge in [-0.05, 0) is 26.1 Å². The molecule has 1 unspecified atom stereocenters. The number of piperazine rings is 1. The number of rotatable bonds is 4. The molecule has 3 heterocycles. The third-order valence-electron chi connectivity index (χ3n) is 4.60. The van der Waals surface area contributed by atoms with Crippen molar-refractivity contribution in [3.63, 3.8) is 0 Å². The Labute approximate surface area is 145 Å². The molecule has 2 aromatic heterocycles. The molecule has 0 spiro atoms. The zero-order valence-corrected chi connectivity index (χ0v) is 14.4. The highest BCUT2D eigenvalue weighted by atomic mass is 16.5. The summed E-state index contributed by atoms with van der Waals surface area (Å²) >= 11 is 0. The van der Waals surface area contributed by atoms with Crippen molar-refractivity contribution in [2.75, 3.05) is 26.7 Å². The highest BCUT2D eigenvalue weighted by Crippen LogP contribution is 2.19. The first kappa shape index (κ1) is 15.9. The fraction of sp³-hybridized carbons (Fsp3) is 0.412. The summed E-state index contributed by atoms with van der Waals surface area (Å²) in [6, 6.07) is 10.1. The molecular formula is C17H21N7O. The lowest BCUT2D eigenvalue weighted by Crippen LogP contribution is -2.44. The van der Waals surface area contributed by atoms with E-state index in [2.05, 4.69) is 37.7 Å². The van der Waals surface area contributed by atoms with E-state index in [1.165, 1.54) is 0 Å². The van der Waals surface area contributed by atoms with Crippen LogP contribution in [-0.2, 0) is 6.42 Å². The van der Waals surface area contributed by atoms with Crippen molar-refractivity contribution in [3.05, 3.63) is 53.4 Å². The molecule has 1 N–H and O–H groups in total. The third kappa shape index (κ3) is 3.18. The molecule has 1 aliphatic rings. The molecule has 1 fully saturated rings. The summed E-state index contributed by atoms with van der Waals surface area (Å²) in [4.78, 5) is 6.80. The monoisotopic (exact) mass is 339 g/mol. The Morgan fingerprint density at radius 3 is 2.92 bits per heavy atom. The summed E-state index contributed by atoms with van der Waals surface area (Å²) in [6.45, 7) is 4.79. The summed E-state index contributed by atoms with van der Waals surface area (Å²) in [5.41, 5.74) is 2.80. The summed E-state index contributed by atoms with van der Waals surface area (Å²) < 4.78 is 7.27. The largest absolute Gasteiger partial charge is 0.339 e. The topological polar surface area (TPSA) is 84.9 Å². The molecule has 0 aliphatic carbocycles. The van der Waals surface area contributed by atoms with Crippen LogP contribution in [0.5, 0.6) is 0 Å². The smallest absolute Gasteiger partial charge is 0.232 e. The van der Waals surface area contributed by atoms with Gasteiger partial charge in [0.1, 0.15) is 0 Å². The van der Waals surface area contributed by atoms with Gasteiger partial charge in [-0.3, -0.25) is 4.90 Å². The quantitative estimate of drug-likeness (QED) is 0.762. The molecule has 1 aromatic carbocycles. The standard InChI is InChI=1S/C17H21N7O/c1-12-14(20-22-24(12)13-6-4-3-5-7-13)10-16-19-17(21-25-16)15-11-18-8-9-23(15)2/h3-7,15,18H,8-11H2,1-2H3. The highest BCUT2D eigenvalue weighted by molar-refractivity contribution is 5.33. The van der Waals surface area contributed by atoms with E-state index in [4.69, 9.17) is 4.52 Å². The van der Waals surface area contributed by atoms with Crippen LogP contribution in [0.4, 0.5) is 0 Å². The number of hydrogen-bond acceptors (Lipinski definition) is 7. The minimum absolute atomic E-state index is 0.146. The zero-order valence-electron chi connectivity index (χ0n) is 14.4. The van der Waals surface area contributed by atoms with Crippen molar-refractivity contribution in [2.45, 2.75) is 19.4 Å². The minimum atomic E-state index is 0.146. The van der Waals surface area contributed by atoms with Crippen LogP contribution < -0.4 is 5.32 Å². The molecule has 0 radical (unpaired) electrons. The van der Waals surface area contributed by atoms with Crippen molar-refractivity contribution < 1.29 is 4.52 Å². The molecule has 8 heteroatoms. The van der Waals surface area contributed by atoms with Gasteiger partial charge in [0, 0.05) is 19.6 Å². The van der Waals surface area contributed by atoms with E-state index in [0.717, 1.165) is 42.5 Å². The highest BCUT2D eigenvalue weighted by Gasteiger charge is 2.25. The van der Waals surface area contributed by atoms with E-state index >= 15 is 0 Å². The number of para-hydroxylation sites is 1. The van der Waals surface area contributed by atoms with E-state index in [0.29, 0.717) is 12.3 Å². The van der Waals surface area contributed by atoms with Crippen molar-refractivity contribution in [1.29, 1.82) is 0 Å². The lowest BCUT2D eigenvalue weighted by molar-refractivity contribution is 0.190. The molecule has 0 amide bonds. The predicted molar refractivity (Wildman–Crippen MR) is 91.4 cm³/mol.